The van der Waals surface area contributed by atoms with Crippen LogP contribution in [0.3, 0.4) is 0 Å². The summed E-state index contributed by atoms with van der Waals surface area (Å²) >= 11 is 0. The fraction of sp³-hybridized carbons (Fsp3) is 0.231. The van der Waals surface area contributed by atoms with Gasteiger partial charge >= 0.3 is 5.97 Å². The summed E-state index contributed by atoms with van der Waals surface area (Å²) in [6.07, 6.45) is 0.230. The van der Waals surface area contributed by atoms with Gasteiger partial charge in [-0.05, 0) is 39.8 Å². The van der Waals surface area contributed by atoms with Gasteiger partial charge in [-0.2, -0.15) is 0 Å². The third-order valence-electron chi connectivity index (χ3n) is 5.12. The predicted molar refractivity (Wildman–Crippen MR) is 120 cm³/mol. The molecule has 0 aliphatic rings. The second kappa shape index (κ2) is 8.95. The van der Waals surface area contributed by atoms with Gasteiger partial charge in [-0.3, -0.25) is 4.79 Å². The highest BCUT2D eigenvalue weighted by molar-refractivity contribution is 5.97. The fourth-order valence-corrected chi connectivity index (χ4v) is 3.26. The maximum Gasteiger partial charge on any atom is 0.326 e. The first kappa shape index (κ1) is 21.3. The first-order chi connectivity index (χ1) is 14.2. The van der Waals surface area contributed by atoms with E-state index in [0.717, 1.165) is 16.7 Å². The van der Waals surface area contributed by atoms with Crippen LogP contribution in [0.15, 0.2) is 78.9 Å². The molecule has 0 bridgehead atoms. The number of carboxylic acid groups (broad SMARTS) is 1. The first-order valence-electron chi connectivity index (χ1n) is 10.0. The van der Waals surface area contributed by atoms with Crippen molar-refractivity contribution in [1.82, 2.24) is 5.32 Å². The smallest absolute Gasteiger partial charge is 0.326 e. The van der Waals surface area contributed by atoms with Gasteiger partial charge in [-0.15, -0.1) is 0 Å². The molecule has 1 atom stereocenters. The number of amides is 1. The quantitative estimate of drug-likeness (QED) is 0.605. The Morgan fingerprint density at radius 3 is 1.93 bits per heavy atom. The molecule has 0 fully saturated rings. The van der Waals surface area contributed by atoms with Crippen LogP contribution in [0.4, 0.5) is 0 Å². The van der Waals surface area contributed by atoms with Crippen molar-refractivity contribution in [3.63, 3.8) is 0 Å². The first-order valence-corrected chi connectivity index (χ1v) is 10.0. The lowest BCUT2D eigenvalue weighted by Gasteiger charge is -2.20. The van der Waals surface area contributed by atoms with E-state index in [1.165, 1.54) is 5.56 Å². The minimum atomic E-state index is -1.05. The zero-order valence-corrected chi connectivity index (χ0v) is 17.6. The van der Waals surface area contributed by atoms with E-state index in [4.69, 9.17) is 0 Å². The van der Waals surface area contributed by atoms with Gasteiger partial charge in [0.05, 0.1) is 0 Å². The molecule has 4 nitrogen and oxygen atoms in total. The van der Waals surface area contributed by atoms with E-state index in [0.29, 0.717) is 5.56 Å². The fourth-order valence-electron chi connectivity index (χ4n) is 3.26. The summed E-state index contributed by atoms with van der Waals surface area (Å²) in [5.41, 5.74) is 4.58. The molecule has 3 aromatic rings. The Morgan fingerprint density at radius 2 is 1.40 bits per heavy atom. The molecule has 1 amide bonds. The van der Waals surface area contributed by atoms with Crippen molar-refractivity contribution >= 4 is 11.9 Å². The Hall–Kier alpha value is -3.40. The van der Waals surface area contributed by atoms with E-state index in [1.54, 1.807) is 12.1 Å². The second-order valence-corrected chi connectivity index (χ2v) is 8.46. The molecule has 30 heavy (non-hydrogen) atoms. The van der Waals surface area contributed by atoms with Gasteiger partial charge in [0.15, 0.2) is 0 Å². The van der Waals surface area contributed by atoms with Crippen LogP contribution in [0.2, 0.25) is 0 Å². The molecule has 4 heteroatoms. The van der Waals surface area contributed by atoms with Crippen molar-refractivity contribution in [3.05, 3.63) is 95.6 Å². The molecule has 3 aromatic carbocycles. The largest absolute Gasteiger partial charge is 0.480 e. The van der Waals surface area contributed by atoms with Gasteiger partial charge in [-0.25, -0.2) is 4.79 Å². The summed E-state index contributed by atoms with van der Waals surface area (Å²) < 4.78 is 0. The van der Waals surface area contributed by atoms with Gasteiger partial charge in [0, 0.05) is 12.0 Å². The lowest BCUT2D eigenvalue weighted by Crippen LogP contribution is -2.42. The number of benzene rings is 3. The Kier molecular flexibility index (Phi) is 6.36. The molecule has 0 saturated carbocycles. The van der Waals surface area contributed by atoms with Crippen LogP contribution in [0.5, 0.6) is 0 Å². The van der Waals surface area contributed by atoms with Crippen molar-refractivity contribution in [3.8, 4) is 11.1 Å². The minimum Gasteiger partial charge on any atom is -0.480 e. The van der Waals surface area contributed by atoms with E-state index in [9.17, 15) is 14.7 Å². The monoisotopic (exact) mass is 401 g/mol. The summed E-state index contributed by atoms with van der Waals surface area (Å²) in [6, 6.07) is 23.9. The van der Waals surface area contributed by atoms with Crippen LogP contribution < -0.4 is 5.32 Å². The minimum absolute atomic E-state index is 0.0326. The highest BCUT2D eigenvalue weighted by Crippen LogP contribution is 2.23. The van der Waals surface area contributed by atoms with Gasteiger partial charge in [-0.1, -0.05) is 87.5 Å². The number of carbonyl (C=O) groups is 2. The van der Waals surface area contributed by atoms with Gasteiger partial charge < -0.3 is 10.4 Å². The van der Waals surface area contributed by atoms with E-state index in [2.05, 4.69) is 26.1 Å². The molecule has 0 spiro atoms. The lowest BCUT2D eigenvalue weighted by atomic mass is 9.86. The third-order valence-corrected chi connectivity index (χ3v) is 5.12. The van der Waals surface area contributed by atoms with Crippen molar-refractivity contribution in [2.75, 3.05) is 0 Å². The normalized spacial score (nSPS) is 12.2. The lowest BCUT2D eigenvalue weighted by molar-refractivity contribution is -0.139. The third kappa shape index (κ3) is 5.35. The highest BCUT2D eigenvalue weighted by atomic mass is 16.4. The van der Waals surface area contributed by atoms with E-state index in [1.807, 2.05) is 66.7 Å². The molecule has 0 aliphatic carbocycles. The summed E-state index contributed by atoms with van der Waals surface area (Å²) in [5, 5.41) is 12.2. The number of hydrogen-bond acceptors (Lipinski definition) is 2. The van der Waals surface area contributed by atoms with Gasteiger partial charge in [0.25, 0.3) is 5.91 Å². The standard InChI is InChI=1S/C26H27NO3/c1-26(2,3)22-15-9-18(10-16-22)17-23(25(29)30)27-24(28)21-13-11-20(12-14-21)19-7-5-4-6-8-19/h4-16,23H,17H2,1-3H3,(H,27,28)(H,29,30)/t23-/m1/s1. The number of carbonyl (C=O) groups excluding carboxylic acids is 1. The van der Waals surface area contributed by atoms with Crippen LogP contribution in [-0.2, 0) is 16.6 Å². The SMILES string of the molecule is CC(C)(C)c1ccc(C[C@@H](NC(=O)c2ccc(-c3ccccc3)cc2)C(=O)O)cc1. The average Bonchev–Trinajstić information content (AvgIpc) is 2.73. The molecule has 0 radical (unpaired) electrons. The van der Waals surface area contributed by atoms with Crippen LogP contribution >= 0.6 is 0 Å². The summed E-state index contributed by atoms with van der Waals surface area (Å²) in [7, 11) is 0. The Morgan fingerprint density at radius 1 is 0.833 bits per heavy atom. The highest BCUT2D eigenvalue weighted by Gasteiger charge is 2.22. The zero-order valence-electron chi connectivity index (χ0n) is 17.6. The molecule has 154 valence electrons. The Labute approximate surface area is 177 Å². The summed E-state index contributed by atoms with van der Waals surface area (Å²) in [4.78, 5) is 24.3. The maximum atomic E-state index is 12.6. The molecule has 0 saturated heterocycles. The number of hydrogen-bond donors (Lipinski definition) is 2. The van der Waals surface area contributed by atoms with Crippen LogP contribution in [0, 0.1) is 0 Å². The molecule has 0 aliphatic heterocycles. The zero-order chi connectivity index (χ0) is 21.7. The van der Waals surface area contributed by atoms with Crippen LogP contribution in [-0.4, -0.2) is 23.0 Å². The van der Waals surface area contributed by atoms with Gasteiger partial charge in [0.2, 0.25) is 0 Å². The topological polar surface area (TPSA) is 66.4 Å². The van der Waals surface area contributed by atoms with Crippen molar-refractivity contribution < 1.29 is 14.7 Å². The van der Waals surface area contributed by atoms with Crippen LogP contribution in [0.1, 0.15) is 42.3 Å². The molecule has 0 aromatic heterocycles. The predicted octanol–water partition coefficient (Wildman–Crippen LogP) is 5.08. The van der Waals surface area contributed by atoms with Crippen molar-refractivity contribution in [2.45, 2.75) is 38.6 Å². The number of carboxylic acids is 1. The van der Waals surface area contributed by atoms with Gasteiger partial charge in [0.1, 0.15) is 6.04 Å². The number of nitrogens with one attached hydrogen (secondary N) is 1. The summed E-state index contributed by atoms with van der Waals surface area (Å²) in [6.45, 7) is 6.39. The van der Waals surface area contributed by atoms with Crippen molar-refractivity contribution in [1.29, 1.82) is 0 Å². The molecular weight excluding hydrogens is 374 g/mol. The average molecular weight is 402 g/mol. The maximum absolute atomic E-state index is 12.6. The Balaban J connectivity index is 1.69. The van der Waals surface area contributed by atoms with Crippen LogP contribution in [0.25, 0.3) is 11.1 Å². The van der Waals surface area contributed by atoms with E-state index < -0.39 is 17.9 Å². The second-order valence-electron chi connectivity index (χ2n) is 8.46. The van der Waals surface area contributed by atoms with Crippen molar-refractivity contribution in [2.24, 2.45) is 0 Å². The molecule has 3 rings (SSSR count). The summed E-state index contributed by atoms with van der Waals surface area (Å²) in [5.74, 6) is -1.45. The van der Waals surface area contributed by atoms with E-state index in [-0.39, 0.29) is 11.8 Å². The molecular formula is C26H27NO3. The Bertz CT molecular complexity index is 1000. The molecule has 2 N–H and O–H groups in total. The molecule has 0 heterocycles. The number of rotatable bonds is 6. The number of aliphatic carboxylic acids is 1. The van der Waals surface area contributed by atoms with E-state index >= 15 is 0 Å². The molecule has 0 unspecified atom stereocenters.